The maximum atomic E-state index is 11.5. The lowest BCUT2D eigenvalue weighted by molar-refractivity contribution is -0.153. The van der Waals surface area contributed by atoms with Crippen molar-refractivity contribution in [3.8, 4) is 0 Å². The van der Waals surface area contributed by atoms with Gasteiger partial charge in [-0.3, -0.25) is 4.79 Å². The molecule has 0 aromatic rings. The number of carbonyl (C=O) groups is 1. The lowest BCUT2D eigenvalue weighted by atomic mass is 9.86. The molecule has 2 unspecified atom stereocenters. The summed E-state index contributed by atoms with van der Waals surface area (Å²) in [6, 6.07) is -0.508. The molecule has 5 nitrogen and oxygen atoms in total. The predicted octanol–water partition coefficient (Wildman–Crippen LogP) is 1.32. The second kappa shape index (κ2) is 6.50. The zero-order valence-corrected chi connectivity index (χ0v) is 9.87. The van der Waals surface area contributed by atoms with E-state index in [9.17, 15) is 9.70 Å². The third-order valence-corrected chi connectivity index (χ3v) is 2.43. The minimum absolute atomic E-state index is 0.333. The Morgan fingerprint density at radius 3 is 2.67 bits per heavy atom. The quantitative estimate of drug-likeness (QED) is 0.570. The first kappa shape index (κ1) is 14.0. The Morgan fingerprint density at radius 1 is 1.60 bits per heavy atom. The van der Waals surface area contributed by atoms with Crippen molar-refractivity contribution in [1.82, 2.24) is 5.32 Å². The van der Waals surface area contributed by atoms with E-state index >= 15 is 0 Å². The molecular weight excluding hydrogens is 196 g/mol. The number of nitroso groups, excluding NO2 is 1. The van der Waals surface area contributed by atoms with Crippen LogP contribution in [0.25, 0.3) is 0 Å². The molecule has 0 aromatic heterocycles. The first-order valence-electron chi connectivity index (χ1n) is 5.35. The molecule has 2 atom stereocenters. The van der Waals surface area contributed by atoms with Crippen LogP contribution in [0.1, 0.15) is 27.7 Å². The molecule has 0 radical (unpaired) electrons. The summed E-state index contributed by atoms with van der Waals surface area (Å²) >= 11 is 0. The smallest absolute Gasteiger partial charge is 0.315 e. The van der Waals surface area contributed by atoms with Gasteiger partial charge in [0.15, 0.2) is 0 Å². The summed E-state index contributed by atoms with van der Waals surface area (Å²) in [7, 11) is 0. The van der Waals surface area contributed by atoms with Crippen LogP contribution >= 0.6 is 0 Å². The Morgan fingerprint density at radius 2 is 2.20 bits per heavy atom. The molecule has 1 heterocycles. The van der Waals surface area contributed by atoms with Gasteiger partial charge in [-0.1, -0.05) is 19.0 Å². The fraction of sp³-hybridized carbons (Fsp3) is 0.900. The Balaban J connectivity index is 0.000000921. The highest BCUT2D eigenvalue weighted by Gasteiger charge is 2.47. The topological polar surface area (TPSA) is 67.8 Å². The van der Waals surface area contributed by atoms with E-state index < -0.39 is 11.5 Å². The van der Waals surface area contributed by atoms with Crippen molar-refractivity contribution in [2.24, 2.45) is 10.6 Å². The van der Waals surface area contributed by atoms with Gasteiger partial charge in [0, 0.05) is 13.1 Å². The minimum Gasteiger partial charge on any atom is -0.465 e. The van der Waals surface area contributed by atoms with E-state index in [1.54, 1.807) is 13.8 Å². The van der Waals surface area contributed by atoms with Gasteiger partial charge >= 0.3 is 5.97 Å². The fourth-order valence-electron chi connectivity index (χ4n) is 1.47. The number of nitrogens with one attached hydrogen (secondary N) is 1. The van der Waals surface area contributed by atoms with Crippen LogP contribution in [0.5, 0.6) is 0 Å². The van der Waals surface area contributed by atoms with Crippen LogP contribution < -0.4 is 5.32 Å². The number of ether oxygens (including phenoxy) is 1. The van der Waals surface area contributed by atoms with Crippen molar-refractivity contribution >= 4 is 5.97 Å². The van der Waals surface area contributed by atoms with E-state index in [0.717, 1.165) is 0 Å². The van der Waals surface area contributed by atoms with Gasteiger partial charge in [-0.2, -0.15) is 4.91 Å². The summed E-state index contributed by atoms with van der Waals surface area (Å²) in [6.07, 6.45) is 0. The Kier molecular flexibility index (Phi) is 6.08. The Labute approximate surface area is 90.5 Å². The van der Waals surface area contributed by atoms with E-state index in [1.165, 1.54) is 0 Å². The number of hydrogen-bond donors (Lipinski definition) is 1. The standard InChI is InChI=1S/C8H14N2O3.C2H6/c1-3-13-7(11)8(2)5-9-4-6(8)10-12;1-2/h6,9H,3-5H2,1-2H3;1-2H3. The fourth-order valence-corrected chi connectivity index (χ4v) is 1.47. The lowest BCUT2D eigenvalue weighted by Gasteiger charge is -2.22. The summed E-state index contributed by atoms with van der Waals surface area (Å²) in [5, 5.41) is 5.89. The van der Waals surface area contributed by atoms with Gasteiger partial charge in [-0.25, -0.2) is 0 Å². The summed E-state index contributed by atoms with van der Waals surface area (Å²) in [5.74, 6) is -0.343. The first-order valence-corrected chi connectivity index (χ1v) is 5.35. The molecule has 0 spiro atoms. The maximum absolute atomic E-state index is 11.5. The number of rotatable bonds is 3. The number of carbonyl (C=O) groups excluding carboxylic acids is 1. The monoisotopic (exact) mass is 216 g/mol. The van der Waals surface area contributed by atoms with Gasteiger partial charge in [0.25, 0.3) is 0 Å². The third kappa shape index (κ3) is 2.99. The van der Waals surface area contributed by atoms with Gasteiger partial charge in [-0.15, -0.1) is 0 Å². The van der Waals surface area contributed by atoms with Crippen molar-refractivity contribution in [1.29, 1.82) is 0 Å². The molecule has 1 aliphatic rings. The molecular formula is C10H20N2O3. The molecule has 5 heteroatoms. The van der Waals surface area contributed by atoms with Gasteiger partial charge in [0.1, 0.15) is 11.5 Å². The second-order valence-electron chi connectivity index (χ2n) is 3.39. The summed E-state index contributed by atoms with van der Waals surface area (Å²) in [6.45, 7) is 8.70. The van der Waals surface area contributed by atoms with Crippen LogP contribution in [0.4, 0.5) is 0 Å². The van der Waals surface area contributed by atoms with Gasteiger partial charge in [-0.05, 0) is 13.8 Å². The van der Waals surface area contributed by atoms with Crippen molar-refractivity contribution in [3.63, 3.8) is 0 Å². The lowest BCUT2D eigenvalue weighted by Crippen LogP contribution is -2.39. The average Bonchev–Trinajstić information content (AvgIpc) is 2.64. The Hall–Kier alpha value is -0.970. The van der Waals surface area contributed by atoms with E-state index in [2.05, 4.69) is 10.5 Å². The zero-order chi connectivity index (χ0) is 11.9. The maximum Gasteiger partial charge on any atom is 0.315 e. The molecule has 1 fully saturated rings. The molecule has 0 amide bonds. The first-order chi connectivity index (χ1) is 7.15. The largest absolute Gasteiger partial charge is 0.465 e. The molecule has 1 saturated heterocycles. The molecule has 1 N–H and O–H groups in total. The SMILES string of the molecule is CC.CCOC(=O)C1(C)CNCC1N=O. The van der Waals surface area contributed by atoms with Crippen LogP contribution in [0, 0.1) is 10.3 Å². The molecule has 15 heavy (non-hydrogen) atoms. The zero-order valence-electron chi connectivity index (χ0n) is 9.87. The highest BCUT2D eigenvalue weighted by Crippen LogP contribution is 2.29. The third-order valence-electron chi connectivity index (χ3n) is 2.43. The molecule has 0 saturated carbocycles. The van der Waals surface area contributed by atoms with Crippen LogP contribution in [0.2, 0.25) is 0 Å². The number of esters is 1. The van der Waals surface area contributed by atoms with Crippen LogP contribution in [0.3, 0.4) is 0 Å². The van der Waals surface area contributed by atoms with E-state index in [0.29, 0.717) is 19.7 Å². The van der Waals surface area contributed by atoms with Gasteiger partial charge in [0.05, 0.1) is 6.61 Å². The minimum atomic E-state index is -0.780. The van der Waals surface area contributed by atoms with Crippen LogP contribution in [-0.2, 0) is 9.53 Å². The van der Waals surface area contributed by atoms with Crippen molar-refractivity contribution < 1.29 is 9.53 Å². The molecule has 0 aromatic carbocycles. The van der Waals surface area contributed by atoms with Gasteiger partial charge in [0.2, 0.25) is 0 Å². The summed E-state index contributed by atoms with van der Waals surface area (Å²) < 4.78 is 4.88. The highest BCUT2D eigenvalue weighted by atomic mass is 16.5. The predicted molar refractivity (Wildman–Crippen MR) is 58.5 cm³/mol. The summed E-state index contributed by atoms with van der Waals surface area (Å²) in [4.78, 5) is 21.9. The molecule has 1 aliphatic heterocycles. The van der Waals surface area contributed by atoms with Gasteiger partial charge < -0.3 is 10.1 Å². The van der Waals surface area contributed by atoms with E-state index in [1.807, 2.05) is 13.8 Å². The average molecular weight is 216 g/mol. The molecule has 0 aliphatic carbocycles. The van der Waals surface area contributed by atoms with Crippen LogP contribution in [-0.4, -0.2) is 31.7 Å². The van der Waals surface area contributed by atoms with E-state index in [-0.39, 0.29) is 5.97 Å². The number of nitrogens with zero attached hydrogens (tertiary/aromatic N) is 1. The Bertz CT molecular complexity index is 221. The number of hydrogen-bond acceptors (Lipinski definition) is 5. The second-order valence-corrected chi connectivity index (χ2v) is 3.39. The van der Waals surface area contributed by atoms with Crippen LogP contribution in [0.15, 0.2) is 5.18 Å². The highest BCUT2D eigenvalue weighted by molar-refractivity contribution is 5.78. The van der Waals surface area contributed by atoms with Crippen molar-refractivity contribution in [2.45, 2.75) is 33.7 Å². The molecule has 88 valence electrons. The molecule has 1 rings (SSSR count). The summed E-state index contributed by atoms with van der Waals surface area (Å²) in [5.41, 5.74) is -0.780. The van der Waals surface area contributed by atoms with Crippen molar-refractivity contribution in [2.75, 3.05) is 19.7 Å². The normalized spacial score (nSPS) is 28.9. The van der Waals surface area contributed by atoms with E-state index in [4.69, 9.17) is 4.74 Å². The van der Waals surface area contributed by atoms with Crippen molar-refractivity contribution in [3.05, 3.63) is 4.91 Å². The molecule has 0 bridgehead atoms.